The summed E-state index contributed by atoms with van der Waals surface area (Å²) in [4.78, 5) is 26.6. The van der Waals surface area contributed by atoms with Gasteiger partial charge in [0.1, 0.15) is 6.04 Å². The Hall–Kier alpha value is -1.18. The molecule has 0 spiro atoms. The van der Waals surface area contributed by atoms with Crippen molar-refractivity contribution in [3.8, 4) is 0 Å². The number of nitrogens with one attached hydrogen (secondary N) is 2. The summed E-state index contributed by atoms with van der Waals surface area (Å²) in [6, 6.07) is 0.442. The first-order valence-corrected chi connectivity index (χ1v) is 8.18. The number of hydrogen-bond acceptors (Lipinski definition) is 5. The number of likely N-dealkylation sites (N-methyl/N-ethyl adjacent to an activating group) is 1. The SMILES string of the molecule is COCCNC(=O)C1CCC2C(C1)N(C)C(=O)C1CCNN12. The van der Waals surface area contributed by atoms with Gasteiger partial charge in [0.25, 0.3) is 0 Å². The highest BCUT2D eigenvalue weighted by molar-refractivity contribution is 5.84. The lowest BCUT2D eigenvalue weighted by Gasteiger charge is -2.50. The lowest BCUT2D eigenvalue weighted by molar-refractivity contribution is -0.153. The molecular weight excluding hydrogens is 284 g/mol. The molecule has 3 fully saturated rings. The van der Waals surface area contributed by atoms with Crippen LogP contribution in [0.1, 0.15) is 25.7 Å². The van der Waals surface area contributed by atoms with Crippen LogP contribution in [0.15, 0.2) is 0 Å². The molecule has 124 valence electrons. The van der Waals surface area contributed by atoms with Crippen LogP contribution < -0.4 is 10.7 Å². The fourth-order valence-corrected chi connectivity index (χ4v) is 4.10. The normalized spacial score (nSPS) is 35.2. The van der Waals surface area contributed by atoms with Crippen LogP contribution in [0, 0.1) is 5.92 Å². The summed E-state index contributed by atoms with van der Waals surface area (Å²) in [6.45, 7) is 1.95. The van der Waals surface area contributed by atoms with Gasteiger partial charge in [-0.15, -0.1) is 0 Å². The van der Waals surface area contributed by atoms with Gasteiger partial charge in [-0.1, -0.05) is 0 Å². The van der Waals surface area contributed by atoms with E-state index < -0.39 is 0 Å². The van der Waals surface area contributed by atoms with Gasteiger partial charge in [0.2, 0.25) is 11.8 Å². The van der Waals surface area contributed by atoms with Gasteiger partial charge in [0.05, 0.1) is 6.61 Å². The van der Waals surface area contributed by atoms with Crippen molar-refractivity contribution in [1.29, 1.82) is 0 Å². The minimum atomic E-state index is -0.0154. The molecule has 0 bridgehead atoms. The first kappa shape index (κ1) is 15.7. The highest BCUT2D eigenvalue weighted by atomic mass is 16.5. The summed E-state index contributed by atoms with van der Waals surface area (Å²) in [6.07, 6.45) is 3.46. The third-order valence-corrected chi connectivity index (χ3v) is 5.29. The van der Waals surface area contributed by atoms with E-state index in [0.29, 0.717) is 19.2 Å². The number of amides is 2. The van der Waals surface area contributed by atoms with Crippen molar-refractivity contribution >= 4 is 11.8 Å². The van der Waals surface area contributed by atoms with Crippen LogP contribution in [-0.4, -0.2) is 73.7 Å². The lowest BCUT2D eigenvalue weighted by Crippen LogP contribution is -2.67. The molecule has 3 rings (SSSR count). The molecule has 3 aliphatic rings. The summed E-state index contributed by atoms with van der Waals surface area (Å²) in [5.41, 5.74) is 3.36. The van der Waals surface area contributed by atoms with Crippen LogP contribution in [0.4, 0.5) is 0 Å². The fraction of sp³-hybridized carbons (Fsp3) is 0.867. The fourth-order valence-electron chi connectivity index (χ4n) is 4.10. The van der Waals surface area contributed by atoms with Crippen molar-refractivity contribution in [3.05, 3.63) is 0 Å². The Morgan fingerprint density at radius 2 is 2.18 bits per heavy atom. The van der Waals surface area contributed by atoms with E-state index in [2.05, 4.69) is 15.8 Å². The van der Waals surface area contributed by atoms with Gasteiger partial charge in [0, 0.05) is 45.2 Å². The van der Waals surface area contributed by atoms with Crippen LogP contribution in [0.25, 0.3) is 0 Å². The van der Waals surface area contributed by atoms with Crippen LogP contribution >= 0.6 is 0 Å². The number of methoxy groups -OCH3 is 1. The topological polar surface area (TPSA) is 73.9 Å². The zero-order chi connectivity index (χ0) is 15.7. The van der Waals surface area contributed by atoms with Gasteiger partial charge < -0.3 is 15.0 Å². The van der Waals surface area contributed by atoms with Gasteiger partial charge in [-0.2, -0.15) is 0 Å². The molecule has 2 saturated heterocycles. The molecule has 4 atom stereocenters. The van der Waals surface area contributed by atoms with Crippen molar-refractivity contribution in [2.75, 3.05) is 33.9 Å². The van der Waals surface area contributed by atoms with Crippen molar-refractivity contribution in [3.63, 3.8) is 0 Å². The summed E-state index contributed by atoms with van der Waals surface area (Å²) in [5.74, 6) is 0.270. The third-order valence-electron chi connectivity index (χ3n) is 5.29. The predicted octanol–water partition coefficient (Wildman–Crippen LogP) is -0.663. The number of ether oxygens (including phenoxy) is 1. The Kier molecular flexibility index (Phi) is 4.65. The summed E-state index contributed by atoms with van der Waals surface area (Å²) >= 11 is 0. The largest absolute Gasteiger partial charge is 0.383 e. The van der Waals surface area contributed by atoms with E-state index in [-0.39, 0.29) is 29.8 Å². The van der Waals surface area contributed by atoms with Crippen LogP contribution in [0.3, 0.4) is 0 Å². The molecule has 2 aliphatic heterocycles. The van der Waals surface area contributed by atoms with Crippen molar-refractivity contribution in [2.24, 2.45) is 5.92 Å². The van der Waals surface area contributed by atoms with Crippen LogP contribution in [-0.2, 0) is 14.3 Å². The number of fused-ring (bicyclic) bond motifs is 3. The molecule has 1 saturated carbocycles. The number of carbonyl (C=O) groups excluding carboxylic acids is 2. The number of rotatable bonds is 4. The van der Waals surface area contributed by atoms with E-state index in [4.69, 9.17) is 4.74 Å². The molecule has 0 radical (unpaired) electrons. The second-order valence-corrected chi connectivity index (χ2v) is 6.50. The van der Waals surface area contributed by atoms with Crippen molar-refractivity contribution in [2.45, 2.75) is 43.8 Å². The zero-order valence-electron chi connectivity index (χ0n) is 13.4. The van der Waals surface area contributed by atoms with E-state index in [9.17, 15) is 9.59 Å². The van der Waals surface area contributed by atoms with E-state index in [1.165, 1.54) is 0 Å². The number of piperazine rings is 1. The number of hydrogen-bond donors (Lipinski definition) is 2. The Morgan fingerprint density at radius 3 is 2.95 bits per heavy atom. The highest BCUT2D eigenvalue weighted by Crippen LogP contribution is 2.36. The second-order valence-electron chi connectivity index (χ2n) is 6.50. The molecule has 0 aromatic rings. The number of carbonyl (C=O) groups is 2. The van der Waals surface area contributed by atoms with E-state index in [1.807, 2.05) is 11.9 Å². The molecule has 2 N–H and O–H groups in total. The molecule has 2 heterocycles. The molecule has 1 aliphatic carbocycles. The van der Waals surface area contributed by atoms with Gasteiger partial charge in [-0.05, 0) is 25.7 Å². The Balaban J connectivity index is 1.64. The highest BCUT2D eigenvalue weighted by Gasteiger charge is 2.50. The van der Waals surface area contributed by atoms with Crippen LogP contribution in [0.5, 0.6) is 0 Å². The molecule has 7 nitrogen and oxygen atoms in total. The van der Waals surface area contributed by atoms with Gasteiger partial charge in [0.15, 0.2) is 0 Å². The lowest BCUT2D eigenvalue weighted by atomic mass is 9.79. The summed E-state index contributed by atoms with van der Waals surface area (Å²) in [7, 11) is 3.51. The van der Waals surface area contributed by atoms with Gasteiger partial charge >= 0.3 is 0 Å². The smallest absolute Gasteiger partial charge is 0.241 e. The number of hydrazine groups is 1. The minimum absolute atomic E-state index is 0.00694. The molecule has 0 aromatic heterocycles. The van der Waals surface area contributed by atoms with Crippen molar-refractivity contribution < 1.29 is 14.3 Å². The zero-order valence-corrected chi connectivity index (χ0v) is 13.4. The van der Waals surface area contributed by atoms with Crippen molar-refractivity contribution in [1.82, 2.24) is 20.7 Å². The Morgan fingerprint density at radius 1 is 1.36 bits per heavy atom. The van der Waals surface area contributed by atoms with E-state index in [1.54, 1.807) is 7.11 Å². The third kappa shape index (κ3) is 2.73. The van der Waals surface area contributed by atoms with E-state index >= 15 is 0 Å². The maximum absolute atomic E-state index is 12.5. The average Bonchev–Trinajstić information content (AvgIpc) is 3.02. The van der Waals surface area contributed by atoms with Gasteiger partial charge in [-0.3, -0.25) is 15.0 Å². The van der Waals surface area contributed by atoms with E-state index in [0.717, 1.165) is 32.2 Å². The monoisotopic (exact) mass is 310 g/mol. The molecule has 22 heavy (non-hydrogen) atoms. The predicted molar refractivity (Wildman–Crippen MR) is 80.8 cm³/mol. The molecule has 7 heteroatoms. The molecule has 4 unspecified atom stereocenters. The quantitative estimate of drug-likeness (QED) is 0.674. The molecule has 2 amide bonds. The second kappa shape index (κ2) is 6.52. The maximum atomic E-state index is 12.5. The standard InChI is InChI=1S/C15H26N4O3/c1-18-13-9-10(14(20)16-7-8-22-2)3-4-11(13)19-12(15(18)21)5-6-17-19/h10-13,17H,3-9H2,1-2H3,(H,16,20). The maximum Gasteiger partial charge on any atom is 0.241 e. The number of nitrogens with zero attached hydrogens (tertiary/aromatic N) is 2. The molecule has 0 aromatic carbocycles. The Bertz CT molecular complexity index is 445. The molecular formula is C15H26N4O3. The average molecular weight is 310 g/mol. The summed E-state index contributed by atoms with van der Waals surface area (Å²) < 4.78 is 4.96. The van der Waals surface area contributed by atoms with Crippen LogP contribution in [0.2, 0.25) is 0 Å². The van der Waals surface area contributed by atoms with Gasteiger partial charge in [-0.25, -0.2) is 5.01 Å². The first-order valence-electron chi connectivity index (χ1n) is 8.18. The Labute approximate surface area is 131 Å². The minimum Gasteiger partial charge on any atom is -0.383 e. The first-order chi connectivity index (χ1) is 10.6. The summed E-state index contributed by atoms with van der Waals surface area (Å²) in [5, 5.41) is 5.08.